The Morgan fingerprint density at radius 3 is 2.00 bits per heavy atom. The average Bonchev–Trinajstić information content (AvgIpc) is 2.56. The van der Waals surface area contributed by atoms with Gasteiger partial charge in [0.2, 0.25) is 7.29 Å². The lowest BCUT2D eigenvalue weighted by Crippen LogP contribution is -2.18. The van der Waals surface area contributed by atoms with Crippen molar-refractivity contribution in [2.75, 3.05) is 0 Å². The van der Waals surface area contributed by atoms with Crippen LogP contribution < -0.4 is 10.6 Å². The van der Waals surface area contributed by atoms with Crippen LogP contribution in [0.2, 0.25) is 0 Å². The van der Waals surface area contributed by atoms with Gasteiger partial charge >= 0.3 is 0 Å². The molecule has 0 heterocycles. The first-order valence-corrected chi connectivity index (χ1v) is 9.64. The highest BCUT2D eigenvalue weighted by atomic mass is 31.2. The summed E-state index contributed by atoms with van der Waals surface area (Å²) in [4.78, 5) is 0. The Morgan fingerprint density at radius 1 is 0.955 bits per heavy atom. The third-order valence-electron chi connectivity index (χ3n) is 4.24. The van der Waals surface area contributed by atoms with E-state index in [-0.39, 0.29) is 0 Å². The summed E-state index contributed by atoms with van der Waals surface area (Å²) in [6.07, 6.45) is 4.36. The zero-order valence-corrected chi connectivity index (χ0v) is 13.9. The van der Waals surface area contributed by atoms with Crippen molar-refractivity contribution in [1.82, 2.24) is 0 Å². The molecule has 0 aromatic heterocycles. The Labute approximate surface area is 132 Å². The predicted molar refractivity (Wildman–Crippen MR) is 94.8 cm³/mol. The lowest BCUT2D eigenvalue weighted by Gasteiger charge is -2.22. The molecule has 3 rings (SSSR count). The lowest BCUT2D eigenvalue weighted by atomic mass is 9.89. The standard InChI is InChI=1S/C19H22NOP/c1-16-9-8-10-17(15-16)20-22(21,18-11-4-2-5-12-18)19-13-6-3-7-14-19/h2-7,11-14,16H,8-10,15H2,1H3/b20-17+. The summed E-state index contributed by atoms with van der Waals surface area (Å²) in [6.45, 7) is 2.25. The molecule has 1 fully saturated rings. The zero-order chi connectivity index (χ0) is 15.4. The molecule has 22 heavy (non-hydrogen) atoms. The molecule has 1 saturated carbocycles. The molecule has 0 N–H and O–H groups in total. The normalized spacial score (nSPS) is 21.0. The van der Waals surface area contributed by atoms with Crippen molar-refractivity contribution in [2.24, 2.45) is 10.7 Å². The molecule has 1 atom stereocenters. The highest BCUT2D eigenvalue weighted by molar-refractivity contribution is 7.77. The van der Waals surface area contributed by atoms with Gasteiger partial charge in [-0.3, -0.25) is 4.57 Å². The first-order chi connectivity index (χ1) is 10.7. The van der Waals surface area contributed by atoms with Crippen LogP contribution in [-0.2, 0) is 4.57 Å². The van der Waals surface area contributed by atoms with Crippen LogP contribution in [0.25, 0.3) is 0 Å². The number of nitrogens with zero attached hydrogens (tertiary/aromatic N) is 1. The van der Waals surface area contributed by atoms with Crippen LogP contribution in [0.3, 0.4) is 0 Å². The minimum Gasteiger partial charge on any atom is -0.288 e. The molecule has 0 bridgehead atoms. The minimum atomic E-state index is -2.93. The Balaban J connectivity index is 2.08. The van der Waals surface area contributed by atoms with Gasteiger partial charge < -0.3 is 0 Å². The molecular weight excluding hydrogens is 289 g/mol. The Kier molecular flexibility index (Phi) is 4.59. The first-order valence-electron chi connectivity index (χ1n) is 7.98. The molecule has 0 saturated heterocycles. The maximum Gasteiger partial charge on any atom is 0.247 e. The molecule has 1 unspecified atom stereocenters. The topological polar surface area (TPSA) is 29.4 Å². The van der Waals surface area contributed by atoms with E-state index >= 15 is 0 Å². The van der Waals surface area contributed by atoms with E-state index in [4.69, 9.17) is 4.76 Å². The van der Waals surface area contributed by atoms with Crippen LogP contribution in [0.5, 0.6) is 0 Å². The van der Waals surface area contributed by atoms with Gasteiger partial charge in [0.05, 0.1) is 0 Å². The van der Waals surface area contributed by atoms with Gasteiger partial charge in [0.25, 0.3) is 0 Å². The Hall–Kier alpha value is -1.66. The van der Waals surface area contributed by atoms with Crippen LogP contribution in [0, 0.1) is 5.92 Å². The van der Waals surface area contributed by atoms with Gasteiger partial charge in [0, 0.05) is 16.3 Å². The Bertz CT molecular complexity index is 650. The fraction of sp³-hybridized carbons (Fsp3) is 0.316. The summed E-state index contributed by atoms with van der Waals surface area (Å²) in [5, 5.41) is 1.65. The smallest absolute Gasteiger partial charge is 0.247 e. The summed E-state index contributed by atoms with van der Waals surface area (Å²) in [5.74, 6) is 0.646. The largest absolute Gasteiger partial charge is 0.288 e. The van der Waals surface area contributed by atoms with Gasteiger partial charge in [-0.25, -0.2) is 4.76 Å². The van der Waals surface area contributed by atoms with E-state index in [1.807, 2.05) is 60.7 Å². The van der Waals surface area contributed by atoms with Crippen molar-refractivity contribution in [3.05, 3.63) is 60.7 Å². The van der Waals surface area contributed by atoms with Crippen LogP contribution in [-0.4, -0.2) is 5.71 Å². The van der Waals surface area contributed by atoms with Gasteiger partial charge in [-0.15, -0.1) is 0 Å². The molecule has 3 heteroatoms. The quantitative estimate of drug-likeness (QED) is 0.764. The molecule has 0 aliphatic heterocycles. The van der Waals surface area contributed by atoms with E-state index in [0.29, 0.717) is 5.92 Å². The predicted octanol–water partition coefficient (Wildman–Crippen LogP) is 4.57. The zero-order valence-electron chi connectivity index (χ0n) is 13.0. The van der Waals surface area contributed by atoms with Gasteiger partial charge in [-0.05, 0) is 55.9 Å². The molecule has 0 radical (unpaired) electrons. The highest BCUT2D eigenvalue weighted by Gasteiger charge is 2.28. The molecular formula is C19H22NOP. The molecule has 114 valence electrons. The van der Waals surface area contributed by atoms with Crippen molar-refractivity contribution in [1.29, 1.82) is 0 Å². The van der Waals surface area contributed by atoms with Gasteiger partial charge in [0.1, 0.15) is 0 Å². The summed E-state index contributed by atoms with van der Waals surface area (Å²) in [6, 6.07) is 19.4. The molecule has 2 nitrogen and oxygen atoms in total. The van der Waals surface area contributed by atoms with E-state index in [1.54, 1.807) is 0 Å². The average molecular weight is 311 g/mol. The summed E-state index contributed by atoms with van der Waals surface area (Å²) in [7, 11) is -2.93. The van der Waals surface area contributed by atoms with E-state index in [0.717, 1.165) is 35.6 Å². The third-order valence-corrected chi connectivity index (χ3v) is 6.80. The second-order valence-corrected chi connectivity index (χ2v) is 8.50. The maximum absolute atomic E-state index is 13.8. The molecule has 1 aliphatic carbocycles. The fourth-order valence-electron chi connectivity index (χ4n) is 3.08. The highest BCUT2D eigenvalue weighted by Crippen LogP contribution is 2.46. The van der Waals surface area contributed by atoms with Crippen LogP contribution in [0.1, 0.15) is 32.6 Å². The van der Waals surface area contributed by atoms with Crippen LogP contribution >= 0.6 is 7.29 Å². The molecule has 0 spiro atoms. The maximum atomic E-state index is 13.8. The van der Waals surface area contributed by atoms with Crippen molar-refractivity contribution >= 4 is 23.6 Å². The van der Waals surface area contributed by atoms with E-state index < -0.39 is 7.29 Å². The monoisotopic (exact) mass is 311 g/mol. The molecule has 2 aromatic carbocycles. The number of hydrogen-bond donors (Lipinski definition) is 0. The van der Waals surface area contributed by atoms with Gasteiger partial charge in [-0.1, -0.05) is 43.3 Å². The number of rotatable bonds is 3. The lowest BCUT2D eigenvalue weighted by molar-refractivity contribution is 0.500. The third kappa shape index (κ3) is 3.23. The van der Waals surface area contributed by atoms with E-state index in [1.165, 1.54) is 6.42 Å². The second kappa shape index (κ2) is 6.62. The van der Waals surface area contributed by atoms with Crippen LogP contribution in [0.15, 0.2) is 65.4 Å². The van der Waals surface area contributed by atoms with Crippen LogP contribution in [0.4, 0.5) is 0 Å². The minimum absolute atomic E-state index is 0.646. The SMILES string of the molecule is CC1CCC/C(=N\P(=O)(c2ccccc2)c2ccccc2)C1. The van der Waals surface area contributed by atoms with E-state index in [2.05, 4.69) is 6.92 Å². The van der Waals surface area contributed by atoms with Gasteiger partial charge in [-0.2, -0.15) is 0 Å². The molecule has 1 aliphatic rings. The summed E-state index contributed by atoms with van der Waals surface area (Å²) < 4.78 is 18.6. The number of hydrogen-bond acceptors (Lipinski definition) is 1. The van der Waals surface area contributed by atoms with Crippen molar-refractivity contribution in [2.45, 2.75) is 32.6 Å². The summed E-state index contributed by atoms with van der Waals surface area (Å²) >= 11 is 0. The van der Waals surface area contributed by atoms with E-state index in [9.17, 15) is 4.57 Å². The number of benzene rings is 2. The van der Waals surface area contributed by atoms with Gasteiger partial charge in [0.15, 0.2) is 0 Å². The van der Waals surface area contributed by atoms with Crippen molar-refractivity contribution < 1.29 is 4.57 Å². The Morgan fingerprint density at radius 2 is 1.50 bits per heavy atom. The molecule has 0 amide bonds. The van der Waals surface area contributed by atoms with Crippen molar-refractivity contribution in [3.8, 4) is 0 Å². The first kappa shape index (κ1) is 15.2. The van der Waals surface area contributed by atoms with Crippen molar-refractivity contribution in [3.63, 3.8) is 0 Å². The second-order valence-electron chi connectivity index (χ2n) is 6.11. The summed E-state index contributed by atoms with van der Waals surface area (Å²) in [5.41, 5.74) is 1.12. The fourth-order valence-corrected chi connectivity index (χ4v) is 5.34. The molecule has 2 aromatic rings.